The molecule has 0 amide bonds. The summed E-state index contributed by atoms with van der Waals surface area (Å²) in [5.41, 5.74) is 2.49. The zero-order valence-corrected chi connectivity index (χ0v) is 11.5. The predicted molar refractivity (Wildman–Crippen MR) is 73.4 cm³/mol. The van der Waals surface area contributed by atoms with Crippen LogP contribution < -0.4 is 10.1 Å². The Morgan fingerprint density at radius 1 is 1.50 bits per heavy atom. The number of hydrogen-bond acceptors (Lipinski definition) is 3. The first-order chi connectivity index (χ1) is 8.74. The van der Waals surface area contributed by atoms with Crippen LogP contribution in [0.5, 0.6) is 5.75 Å². The van der Waals surface area contributed by atoms with Gasteiger partial charge in [-0.1, -0.05) is 11.6 Å². The standard InChI is InChI=1S/C14H19ClN2O/c1-17(13-2-4-16-8-13)9-11-7-12(15)6-10-3-5-18-14(10)11/h6-7,13,16H,2-5,8-9H2,1H3. The van der Waals surface area contributed by atoms with Gasteiger partial charge in [-0.05, 0) is 37.7 Å². The topological polar surface area (TPSA) is 24.5 Å². The third-order valence-electron chi connectivity index (χ3n) is 3.90. The van der Waals surface area contributed by atoms with E-state index >= 15 is 0 Å². The molecule has 4 heteroatoms. The lowest BCUT2D eigenvalue weighted by molar-refractivity contribution is 0.244. The van der Waals surface area contributed by atoms with Gasteiger partial charge in [-0.2, -0.15) is 0 Å². The monoisotopic (exact) mass is 266 g/mol. The van der Waals surface area contributed by atoms with E-state index in [-0.39, 0.29) is 0 Å². The summed E-state index contributed by atoms with van der Waals surface area (Å²) < 4.78 is 5.75. The van der Waals surface area contributed by atoms with Crippen molar-refractivity contribution in [1.29, 1.82) is 0 Å². The van der Waals surface area contributed by atoms with Crippen LogP contribution in [0.3, 0.4) is 0 Å². The van der Waals surface area contributed by atoms with E-state index in [1.165, 1.54) is 17.5 Å². The lowest BCUT2D eigenvalue weighted by atomic mass is 10.1. The van der Waals surface area contributed by atoms with Gasteiger partial charge in [-0.15, -0.1) is 0 Å². The summed E-state index contributed by atoms with van der Waals surface area (Å²) in [5.74, 6) is 1.07. The molecule has 2 aliphatic heterocycles. The van der Waals surface area contributed by atoms with E-state index in [0.29, 0.717) is 6.04 Å². The second-order valence-electron chi connectivity index (χ2n) is 5.21. The van der Waals surface area contributed by atoms with E-state index in [0.717, 1.165) is 43.4 Å². The van der Waals surface area contributed by atoms with Crippen LogP contribution in [0.25, 0.3) is 0 Å². The lowest BCUT2D eigenvalue weighted by Gasteiger charge is -2.24. The van der Waals surface area contributed by atoms with Crippen LogP contribution in [0.4, 0.5) is 0 Å². The number of nitrogens with one attached hydrogen (secondary N) is 1. The van der Waals surface area contributed by atoms with Crippen molar-refractivity contribution in [2.75, 3.05) is 26.7 Å². The zero-order chi connectivity index (χ0) is 12.5. The molecule has 1 atom stereocenters. The maximum atomic E-state index is 6.19. The third-order valence-corrected chi connectivity index (χ3v) is 4.12. The van der Waals surface area contributed by atoms with Crippen LogP contribution >= 0.6 is 11.6 Å². The summed E-state index contributed by atoms with van der Waals surface area (Å²) in [4.78, 5) is 2.40. The van der Waals surface area contributed by atoms with Crippen molar-refractivity contribution < 1.29 is 4.74 Å². The Morgan fingerprint density at radius 3 is 3.17 bits per heavy atom. The van der Waals surface area contributed by atoms with Gasteiger partial charge in [0.25, 0.3) is 0 Å². The van der Waals surface area contributed by atoms with E-state index in [2.05, 4.69) is 17.3 Å². The Labute approximate surface area is 113 Å². The smallest absolute Gasteiger partial charge is 0.127 e. The van der Waals surface area contributed by atoms with Crippen molar-refractivity contribution in [3.8, 4) is 5.75 Å². The molecule has 2 aliphatic rings. The summed E-state index contributed by atoms with van der Waals surface area (Å²) in [6.07, 6.45) is 2.21. The number of nitrogens with zero attached hydrogens (tertiary/aromatic N) is 1. The molecule has 1 aromatic carbocycles. The van der Waals surface area contributed by atoms with E-state index in [4.69, 9.17) is 16.3 Å². The van der Waals surface area contributed by atoms with Gasteiger partial charge in [0, 0.05) is 36.1 Å². The third kappa shape index (κ3) is 2.35. The zero-order valence-electron chi connectivity index (χ0n) is 10.7. The number of halogens is 1. The average molecular weight is 267 g/mol. The highest BCUT2D eigenvalue weighted by Crippen LogP contribution is 2.33. The van der Waals surface area contributed by atoms with Crippen molar-refractivity contribution in [1.82, 2.24) is 10.2 Å². The maximum Gasteiger partial charge on any atom is 0.127 e. The minimum atomic E-state index is 0.626. The molecule has 1 fully saturated rings. The van der Waals surface area contributed by atoms with Gasteiger partial charge in [-0.3, -0.25) is 4.90 Å². The van der Waals surface area contributed by atoms with Gasteiger partial charge in [0.05, 0.1) is 6.61 Å². The average Bonchev–Trinajstić information content (AvgIpc) is 2.98. The number of rotatable bonds is 3. The minimum Gasteiger partial charge on any atom is -0.493 e. The number of ether oxygens (including phenoxy) is 1. The van der Waals surface area contributed by atoms with Crippen molar-refractivity contribution >= 4 is 11.6 Å². The van der Waals surface area contributed by atoms with Crippen LogP contribution in [-0.2, 0) is 13.0 Å². The fraction of sp³-hybridized carbons (Fsp3) is 0.571. The SMILES string of the molecule is CN(Cc1cc(Cl)cc2c1OCC2)C1CCNC1. The van der Waals surface area contributed by atoms with Gasteiger partial charge < -0.3 is 10.1 Å². The summed E-state index contributed by atoms with van der Waals surface area (Å²) >= 11 is 6.19. The first-order valence-electron chi connectivity index (χ1n) is 6.59. The second kappa shape index (κ2) is 5.08. The molecule has 0 aromatic heterocycles. The van der Waals surface area contributed by atoms with Gasteiger partial charge in [0.1, 0.15) is 5.75 Å². The van der Waals surface area contributed by atoms with E-state index < -0.39 is 0 Å². The lowest BCUT2D eigenvalue weighted by Crippen LogP contribution is -2.32. The first-order valence-corrected chi connectivity index (χ1v) is 6.97. The molecule has 1 unspecified atom stereocenters. The van der Waals surface area contributed by atoms with E-state index in [1.54, 1.807) is 0 Å². The molecule has 3 nitrogen and oxygen atoms in total. The number of benzene rings is 1. The second-order valence-corrected chi connectivity index (χ2v) is 5.65. The molecular formula is C14H19ClN2O. The highest BCUT2D eigenvalue weighted by Gasteiger charge is 2.23. The molecule has 18 heavy (non-hydrogen) atoms. The molecule has 3 rings (SSSR count). The highest BCUT2D eigenvalue weighted by atomic mass is 35.5. The van der Waals surface area contributed by atoms with Crippen molar-refractivity contribution in [2.24, 2.45) is 0 Å². The molecule has 0 bridgehead atoms. The van der Waals surface area contributed by atoms with Crippen molar-refractivity contribution in [2.45, 2.75) is 25.4 Å². The van der Waals surface area contributed by atoms with E-state index in [1.807, 2.05) is 12.1 Å². The molecule has 1 N–H and O–H groups in total. The molecule has 0 aliphatic carbocycles. The van der Waals surface area contributed by atoms with Crippen LogP contribution in [0.15, 0.2) is 12.1 Å². The Hall–Kier alpha value is -0.770. The molecule has 98 valence electrons. The first kappa shape index (κ1) is 12.3. The normalized spacial score (nSPS) is 22.3. The summed E-state index contributed by atoms with van der Waals surface area (Å²) in [7, 11) is 2.18. The molecule has 1 saturated heterocycles. The quantitative estimate of drug-likeness (QED) is 0.907. The minimum absolute atomic E-state index is 0.626. The molecule has 0 radical (unpaired) electrons. The fourth-order valence-corrected chi connectivity index (χ4v) is 3.14. The number of fused-ring (bicyclic) bond motifs is 1. The molecular weight excluding hydrogens is 248 g/mol. The van der Waals surface area contributed by atoms with Crippen molar-refractivity contribution in [3.63, 3.8) is 0 Å². The maximum absolute atomic E-state index is 6.19. The van der Waals surface area contributed by atoms with Crippen molar-refractivity contribution in [3.05, 3.63) is 28.3 Å². The Bertz CT molecular complexity index is 444. The van der Waals surface area contributed by atoms with E-state index in [9.17, 15) is 0 Å². The molecule has 0 spiro atoms. The molecule has 0 saturated carbocycles. The van der Waals surface area contributed by atoms with Crippen LogP contribution in [0.1, 0.15) is 17.5 Å². The number of likely N-dealkylation sites (N-methyl/N-ethyl adjacent to an activating group) is 1. The highest BCUT2D eigenvalue weighted by molar-refractivity contribution is 6.30. The van der Waals surface area contributed by atoms with Crippen LogP contribution in [0, 0.1) is 0 Å². The van der Waals surface area contributed by atoms with Crippen LogP contribution in [-0.4, -0.2) is 37.7 Å². The number of hydrogen-bond donors (Lipinski definition) is 1. The Kier molecular flexibility index (Phi) is 3.46. The van der Waals surface area contributed by atoms with Gasteiger partial charge in [-0.25, -0.2) is 0 Å². The Morgan fingerprint density at radius 2 is 2.39 bits per heavy atom. The van der Waals surface area contributed by atoms with Gasteiger partial charge in [0.2, 0.25) is 0 Å². The fourth-order valence-electron chi connectivity index (χ4n) is 2.88. The van der Waals surface area contributed by atoms with Gasteiger partial charge >= 0.3 is 0 Å². The largest absolute Gasteiger partial charge is 0.493 e. The van der Waals surface area contributed by atoms with Crippen LogP contribution in [0.2, 0.25) is 5.02 Å². The molecule has 1 aromatic rings. The van der Waals surface area contributed by atoms with Gasteiger partial charge in [0.15, 0.2) is 0 Å². The summed E-state index contributed by atoms with van der Waals surface area (Å²) in [5, 5.41) is 4.23. The predicted octanol–water partition coefficient (Wildman–Crippen LogP) is 2.07. The summed E-state index contributed by atoms with van der Waals surface area (Å²) in [6.45, 7) is 3.91. The molecule has 2 heterocycles. The Balaban J connectivity index is 1.79. The summed E-state index contributed by atoms with van der Waals surface area (Å²) in [6, 6.07) is 4.70.